The molecule has 3 rings (SSSR count). The van der Waals surface area contributed by atoms with Gasteiger partial charge in [0.25, 0.3) is 0 Å². The van der Waals surface area contributed by atoms with E-state index < -0.39 is 0 Å². The Morgan fingerprint density at radius 1 is 1.00 bits per heavy atom. The van der Waals surface area contributed by atoms with Gasteiger partial charge in [-0.1, -0.05) is 48.0 Å². The molecule has 0 amide bonds. The largest absolute Gasteiger partial charge is 0.497 e. The predicted octanol–water partition coefficient (Wildman–Crippen LogP) is 5.37. The van der Waals surface area contributed by atoms with E-state index in [1.165, 1.54) is 11.1 Å². The van der Waals surface area contributed by atoms with Crippen molar-refractivity contribution in [3.05, 3.63) is 71.3 Å². The Kier molecular flexibility index (Phi) is 6.11. The molecule has 26 heavy (non-hydrogen) atoms. The number of carbonyl (C=O) groups excluding carboxylic acids is 1. The van der Waals surface area contributed by atoms with Crippen LogP contribution in [0.1, 0.15) is 49.7 Å². The first-order valence-corrected chi connectivity index (χ1v) is 9.31. The third-order valence-corrected chi connectivity index (χ3v) is 5.07. The Labute approximate surface area is 155 Å². The number of methoxy groups -OCH3 is 1. The van der Waals surface area contributed by atoms with Gasteiger partial charge in [0.05, 0.1) is 19.3 Å². The highest BCUT2D eigenvalue weighted by molar-refractivity contribution is 6.17. The minimum Gasteiger partial charge on any atom is -0.497 e. The van der Waals surface area contributed by atoms with E-state index in [-0.39, 0.29) is 5.97 Å². The lowest BCUT2D eigenvalue weighted by atomic mass is 9.79. The van der Waals surface area contributed by atoms with Crippen LogP contribution >= 0.6 is 0 Å². The van der Waals surface area contributed by atoms with E-state index >= 15 is 0 Å². The molecule has 0 aromatic heterocycles. The number of rotatable bonds is 5. The maximum absolute atomic E-state index is 12.6. The van der Waals surface area contributed by atoms with Crippen molar-refractivity contribution in [2.24, 2.45) is 0 Å². The lowest BCUT2D eigenvalue weighted by Crippen LogP contribution is -2.14. The van der Waals surface area contributed by atoms with Crippen LogP contribution in [0.4, 0.5) is 0 Å². The third kappa shape index (κ3) is 4.16. The van der Waals surface area contributed by atoms with Crippen LogP contribution in [0.3, 0.4) is 0 Å². The molecule has 1 fully saturated rings. The summed E-state index contributed by atoms with van der Waals surface area (Å²) >= 11 is 0. The van der Waals surface area contributed by atoms with E-state index in [4.69, 9.17) is 9.47 Å². The summed E-state index contributed by atoms with van der Waals surface area (Å²) in [7, 11) is 1.64. The molecule has 0 bridgehead atoms. The second-order valence-electron chi connectivity index (χ2n) is 6.61. The molecule has 3 nitrogen and oxygen atoms in total. The van der Waals surface area contributed by atoms with Crippen molar-refractivity contribution in [2.45, 2.75) is 38.5 Å². The standard InChI is InChI=1S/C23H26O3/c1-3-26-23(24)22(20-13-15-21(25-2)16-14-20)19-11-9-18(10-12-19)17-7-5-4-6-8-17/h4-8,13-16,18H,3,9-12H2,1-2H3. The van der Waals surface area contributed by atoms with Gasteiger partial charge in [-0.25, -0.2) is 4.79 Å². The smallest absolute Gasteiger partial charge is 0.338 e. The maximum Gasteiger partial charge on any atom is 0.338 e. The Hall–Kier alpha value is -2.55. The van der Waals surface area contributed by atoms with Gasteiger partial charge in [0, 0.05) is 0 Å². The molecular formula is C23H26O3. The van der Waals surface area contributed by atoms with Crippen LogP contribution in [-0.4, -0.2) is 19.7 Å². The highest BCUT2D eigenvalue weighted by atomic mass is 16.5. The van der Waals surface area contributed by atoms with Crippen LogP contribution < -0.4 is 4.74 Å². The fraction of sp³-hybridized carbons (Fsp3) is 0.348. The molecule has 0 N–H and O–H groups in total. The first kappa shape index (κ1) is 18.2. The van der Waals surface area contributed by atoms with Gasteiger partial charge in [-0.05, 0) is 61.8 Å². The summed E-state index contributed by atoms with van der Waals surface area (Å²) in [5, 5.41) is 0. The van der Waals surface area contributed by atoms with E-state index in [1.807, 2.05) is 31.2 Å². The van der Waals surface area contributed by atoms with Crippen LogP contribution in [0.25, 0.3) is 5.57 Å². The molecule has 2 aromatic carbocycles. The molecule has 0 unspecified atom stereocenters. The number of ether oxygens (including phenoxy) is 2. The molecule has 2 aromatic rings. The third-order valence-electron chi connectivity index (χ3n) is 5.07. The van der Waals surface area contributed by atoms with Crippen molar-refractivity contribution >= 4 is 11.5 Å². The van der Waals surface area contributed by atoms with Crippen LogP contribution in [0.2, 0.25) is 0 Å². The van der Waals surface area contributed by atoms with E-state index in [2.05, 4.69) is 30.3 Å². The second kappa shape index (κ2) is 8.70. The predicted molar refractivity (Wildman–Crippen MR) is 104 cm³/mol. The maximum atomic E-state index is 12.6. The number of hydrogen-bond acceptors (Lipinski definition) is 3. The van der Waals surface area contributed by atoms with E-state index in [0.29, 0.717) is 12.5 Å². The number of esters is 1. The van der Waals surface area contributed by atoms with E-state index in [9.17, 15) is 4.79 Å². The van der Waals surface area contributed by atoms with Crippen molar-refractivity contribution in [1.82, 2.24) is 0 Å². The zero-order valence-electron chi connectivity index (χ0n) is 15.5. The lowest BCUT2D eigenvalue weighted by molar-refractivity contribution is -0.136. The fourth-order valence-electron chi connectivity index (χ4n) is 3.70. The number of allylic oxidation sites excluding steroid dienone is 1. The van der Waals surface area contributed by atoms with Crippen molar-refractivity contribution in [2.75, 3.05) is 13.7 Å². The summed E-state index contributed by atoms with van der Waals surface area (Å²) in [5.74, 6) is 1.14. The minimum atomic E-state index is -0.217. The molecule has 136 valence electrons. The van der Waals surface area contributed by atoms with Crippen LogP contribution in [-0.2, 0) is 9.53 Å². The highest BCUT2D eigenvalue weighted by Gasteiger charge is 2.24. The summed E-state index contributed by atoms with van der Waals surface area (Å²) in [6.45, 7) is 2.24. The Bertz CT molecular complexity index is 750. The molecule has 3 heteroatoms. The lowest BCUT2D eigenvalue weighted by Gasteiger charge is -2.26. The molecule has 1 saturated carbocycles. The molecule has 0 aliphatic heterocycles. The van der Waals surface area contributed by atoms with Gasteiger partial charge >= 0.3 is 5.97 Å². The summed E-state index contributed by atoms with van der Waals surface area (Å²) in [6.07, 6.45) is 4.00. The van der Waals surface area contributed by atoms with Gasteiger partial charge in [-0.15, -0.1) is 0 Å². The average molecular weight is 350 g/mol. The van der Waals surface area contributed by atoms with Gasteiger partial charge < -0.3 is 9.47 Å². The second-order valence-corrected chi connectivity index (χ2v) is 6.61. The van der Waals surface area contributed by atoms with Crippen molar-refractivity contribution in [3.63, 3.8) is 0 Å². The molecule has 1 aliphatic rings. The Morgan fingerprint density at radius 2 is 1.65 bits per heavy atom. The van der Waals surface area contributed by atoms with Gasteiger partial charge in [0.1, 0.15) is 5.75 Å². The number of carbonyl (C=O) groups is 1. The Morgan fingerprint density at radius 3 is 2.23 bits per heavy atom. The quantitative estimate of drug-likeness (QED) is 0.537. The highest BCUT2D eigenvalue weighted by Crippen LogP contribution is 2.39. The molecule has 1 aliphatic carbocycles. The summed E-state index contributed by atoms with van der Waals surface area (Å²) < 4.78 is 10.6. The molecule has 0 spiro atoms. The monoisotopic (exact) mass is 350 g/mol. The molecule has 0 heterocycles. The first-order valence-electron chi connectivity index (χ1n) is 9.31. The average Bonchev–Trinajstić information content (AvgIpc) is 2.70. The van der Waals surface area contributed by atoms with E-state index in [0.717, 1.165) is 42.6 Å². The van der Waals surface area contributed by atoms with Gasteiger partial charge in [-0.3, -0.25) is 0 Å². The molecule has 0 saturated heterocycles. The van der Waals surface area contributed by atoms with Crippen LogP contribution in [0.15, 0.2) is 60.2 Å². The molecular weight excluding hydrogens is 324 g/mol. The van der Waals surface area contributed by atoms with Crippen molar-refractivity contribution in [3.8, 4) is 5.75 Å². The van der Waals surface area contributed by atoms with Gasteiger partial charge in [0.15, 0.2) is 0 Å². The topological polar surface area (TPSA) is 35.5 Å². The summed E-state index contributed by atoms with van der Waals surface area (Å²) in [4.78, 5) is 12.6. The Balaban J connectivity index is 1.85. The van der Waals surface area contributed by atoms with Crippen molar-refractivity contribution in [1.29, 1.82) is 0 Å². The van der Waals surface area contributed by atoms with Gasteiger partial charge in [-0.2, -0.15) is 0 Å². The number of benzene rings is 2. The number of hydrogen-bond donors (Lipinski definition) is 0. The summed E-state index contributed by atoms with van der Waals surface area (Å²) in [5.41, 5.74) is 4.26. The van der Waals surface area contributed by atoms with Gasteiger partial charge in [0.2, 0.25) is 0 Å². The SMILES string of the molecule is CCOC(=O)C(=C1CCC(c2ccccc2)CC1)c1ccc(OC)cc1. The first-order chi connectivity index (χ1) is 12.7. The minimum absolute atomic E-state index is 0.217. The zero-order valence-corrected chi connectivity index (χ0v) is 15.5. The van der Waals surface area contributed by atoms with Crippen LogP contribution in [0, 0.1) is 0 Å². The fourth-order valence-corrected chi connectivity index (χ4v) is 3.70. The summed E-state index contributed by atoms with van der Waals surface area (Å²) in [6, 6.07) is 18.3. The zero-order chi connectivity index (χ0) is 18.4. The normalized spacial score (nSPS) is 16.8. The van der Waals surface area contributed by atoms with E-state index in [1.54, 1.807) is 7.11 Å². The molecule has 0 atom stereocenters. The molecule has 0 radical (unpaired) electrons. The van der Waals surface area contributed by atoms with Crippen molar-refractivity contribution < 1.29 is 14.3 Å². The van der Waals surface area contributed by atoms with Crippen LogP contribution in [0.5, 0.6) is 5.75 Å².